The molecule has 0 aliphatic carbocycles. The largest absolute Gasteiger partial charge is 0.507 e. The van der Waals surface area contributed by atoms with Crippen LogP contribution < -0.4 is 5.43 Å². The summed E-state index contributed by atoms with van der Waals surface area (Å²) in [5.41, 5.74) is 4.31. The van der Waals surface area contributed by atoms with E-state index in [4.69, 9.17) is 0 Å². The lowest BCUT2D eigenvalue weighted by Gasteiger charge is -2.34. The number of carbonyl (C=O) groups is 2. The van der Waals surface area contributed by atoms with Gasteiger partial charge in [-0.25, -0.2) is 9.82 Å². The zero-order valence-corrected chi connectivity index (χ0v) is 16.1. The zero-order chi connectivity index (χ0) is 20.8. The van der Waals surface area contributed by atoms with Crippen molar-refractivity contribution in [2.75, 3.05) is 32.7 Å². The Kier molecular flexibility index (Phi) is 6.56. The molecule has 0 unspecified atom stereocenters. The van der Waals surface area contributed by atoms with Crippen LogP contribution >= 0.6 is 0 Å². The van der Waals surface area contributed by atoms with Crippen LogP contribution in [0.1, 0.15) is 21.5 Å². The van der Waals surface area contributed by atoms with Gasteiger partial charge in [0, 0.05) is 37.3 Å². The molecular formula is C21H23FN4O3. The molecule has 0 aromatic heterocycles. The second kappa shape index (κ2) is 9.29. The van der Waals surface area contributed by atoms with Crippen molar-refractivity contribution in [3.8, 4) is 5.75 Å². The summed E-state index contributed by atoms with van der Waals surface area (Å²) in [5, 5.41) is 13.4. The Bertz CT molecular complexity index is 907. The molecular weight excluding hydrogens is 375 g/mol. The maximum absolute atomic E-state index is 13.2. The number of aromatic hydroxyl groups is 1. The van der Waals surface area contributed by atoms with Gasteiger partial charge >= 0.3 is 0 Å². The van der Waals surface area contributed by atoms with E-state index in [1.807, 2.05) is 36.1 Å². The van der Waals surface area contributed by atoms with Gasteiger partial charge in [0.1, 0.15) is 11.6 Å². The van der Waals surface area contributed by atoms with Crippen molar-refractivity contribution in [3.63, 3.8) is 0 Å². The molecule has 0 atom stereocenters. The van der Waals surface area contributed by atoms with Gasteiger partial charge < -0.3 is 10.0 Å². The molecule has 1 aliphatic heterocycles. The minimum atomic E-state index is -0.506. The predicted octanol–water partition coefficient (Wildman–Crippen LogP) is 1.75. The first-order valence-electron chi connectivity index (χ1n) is 9.31. The van der Waals surface area contributed by atoms with Crippen molar-refractivity contribution >= 4 is 18.0 Å². The molecule has 8 heteroatoms. The van der Waals surface area contributed by atoms with Gasteiger partial charge in [-0.3, -0.25) is 14.5 Å². The minimum absolute atomic E-state index is 0.00592. The Hall–Kier alpha value is -3.26. The number of phenolic OH excluding ortho intramolecular Hbond substituents is 1. The topological polar surface area (TPSA) is 85.2 Å². The molecule has 0 saturated carbocycles. The summed E-state index contributed by atoms with van der Waals surface area (Å²) in [4.78, 5) is 28.3. The van der Waals surface area contributed by atoms with Crippen molar-refractivity contribution in [2.45, 2.75) is 6.92 Å². The molecule has 2 amide bonds. The number of phenols is 1. The maximum atomic E-state index is 13.2. The third kappa shape index (κ3) is 5.61. The second-order valence-electron chi connectivity index (χ2n) is 6.93. The fourth-order valence-corrected chi connectivity index (χ4v) is 3.03. The Morgan fingerprint density at radius 1 is 1.14 bits per heavy atom. The summed E-state index contributed by atoms with van der Waals surface area (Å²) in [6.45, 7) is 4.36. The average Bonchev–Trinajstić information content (AvgIpc) is 2.71. The van der Waals surface area contributed by atoms with E-state index >= 15 is 0 Å². The molecule has 3 rings (SSSR count). The van der Waals surface area contributed by atoms with E-state index in [1.165, 1.54) is 12.3 Å². The molecule has 1 fully saturated rings. The number of nitrogens with one attached hydrogen (secondary N) is 1. The molecule has 1 aliphatic rings. The van der Waals surface area contributed by atoms with Gasteiger partial charge in [0.2, 0.25) is 0 Å². The lowest BCUT2D eigenvalue weighted by Crippen LogP contribution is -2.50. The summed E-state index contributed by atoms with van der Waals surface area (Å²) in [7, 11) is 0. The molecule has 0 radical (unpaired) electrons. The highest BCUT2D eigenvalue weighted by molar-refractivity contribution is 5.94. The number of amides is 2. The molecule has 0 spiro atoms. The quantitative estimate of drug-likeness (QED) is 0.594. The Labute approximate surface area is 168 Å². The lowest BCUT2D eigenvalue weighted by molar-refractivity contribution is -0.122. The maximum Gasteiger partial charge on any atom is 0.254 e. The summed E-state index contributed by atoms with van der Waals surface area (Å²) in [6.07, 6.45) is 1.19. The average molecular weight is 398 g/mol. The van der Waals surface area contributed by atoms with Crippen molar-refractivity contribution in [3.05, 3.63) is 65.0 Å². The molecule has 152 valence electrons. The Balaban J connectivity index is 1.44. The zero-order valence-electron chi connectivity index (χ0n) is 16.1. The smallest absolute Gasteiger partial charge is 0.254 e. The second-order valence-corrected chi connectivity index (χ2v) is 6.93. The SMILES string of the molecule is Cc1ccc(C(=O)N2CCN(CC(=O)N/N=C/c3cc(F)ccc3O)CC2)cc1. The van der Waals surface area contributed by atoms with Crippen LogP contribution in [0.4, 0.5) is 4.39 Å². The number of hydrogen-bond donors (Lipinski definition) is 2. The first kappa shape index (κ1) is 20.5. The van der Waals surface area contributed by atoms with Crippen LogP contribution in [0.2, 0.25) is 0 Å². The number of piperazine rings is 1. The van der Waals surface area contributed by atoms with Gasteiger partial charge in [0.05, 0.1) is 12.8 Å². The van der Waals surface area contributed by atoms with E-state index < -0.39 is 5.82 Å². The third-order valence-electron chi connectivity index (χ3n) is 4.71. The number of carbonyl (C=O) groups excluding carboxylic acids is 2. The van der Waals surface area contributed by atoms with Gasteiger partial charge in [-0.15, -0.1) is 0 Å². The van der Waals surface area contributed by atoms with Gasteiger partial charge in [0.25, 0.3) is 11.8 Å². The highest BCUT2D eigenvalue weighted by Crippen LogP contribution is 2.15. The normalized spacial score (nSPS) is 14.9. The number of halogens is 1. The van der Waals surface area contributed by atoms with Gasteiger partial charge in [-0.05, 0) is 37.3 Å². The first-order chi connectivity index (χ1) is 13.9. The van der Waals surface area contributed by atoms with Crippen molar-refractivity contribution in [2.24, 2.45) is 5.10 Å². The monoisotopic (exact) mass is 398 g/mol. The molecule has 1 saturated heterocycles. The van der Waals surface area contributed by atoms with Crippen molar-refractivity contribution < 1.29 is 19.1 Å². The molecule has 2 aromatic rings. The van der Waals surface area contributed by atoms with Gasteiger partial charge in [-0.1, -0.05) is 17.7 Å². The number of hydrogen-bond acceptors (Lipinski definition) is 5. The number of benzene rings is 2. The molecule has 2 aromatic carbocycles. The van der Waals surface area contributed by atoms with E-state index in [-0.39, 0.29) is 29.7 Å². The number of rotatable bonds is 5. The molecule has 2 N–H and O–H groups in total. The van der Waals surface area contributed by atoms with Gasteiger partial charge in [-0.2, -0.15) is 5.10 Å². The van der Waals surface area contributed by atoms with E-state index in [1.54, 1.807) is 4.90 Å². The van der Waals surface area contributed by atoms with Crippen molar-refractivity contribution in [1.82, 2.24) is 15.2 Å². The number of nitrogens with zero attached hydrogens (tertiary/aromatic N) is 3. The van der Waals surface area contributed by atoms with Crippen LogP contribution in [0.15, 0.2) is 47.6 Å². The van der Waals surface area contributed by atoms with Crippen LogP contribution in [0.25, 0.3) is 0 Å². The van der Waals surface area contributed by atoms with E-state index in [0.717, 1.165) is 17.7 Å². The summed E-state index contributed by atoms with van der Waals surface area (Å²) in [6, 6.07) is 11.0. The molecule has 7 nitrogen and oxygen atoms in total. The molecule has 1 heterocycles. The molecule has 29 heavy (non-hydrogen) atoms. The van der Waals surface area contributed by atoms with Crippen molar-refractivity contribution in [1.29, 1.82) is 0 Å². The van der Waals surface area contributed by atoms with Crippen LogP contribution in [-0.4, -0.2) is 65.7 Å². The number of aryl methyl sites for hydroxylation is 1. The standard InChI is InChI=1S/C21H23FN4O3/c1-15-2-4-16(5-3-15)21(29)26-10-8-25(9-11-26)14-20(28)24-23-13-17-12-18(22)6-7-19(17)27/h2-7,12-13,27H,8-11,14H2,1H3,(H,24,28)/b23-13+. The first-order valence-corrected chi connectivity index (χ1v) is 9.31. The Morgan fingerprint density at radius 3 is 2.52 bits per heavy atom. The van der Waals surface area contributed by atoms with E-state index in [2.05, 4.69) is 10.5 Å². The fraction of sp³-hybridized carbons (Fsp3) is 0.286. The van der Waals surface area contributed by atoms with Gasteiger partial charge in [0.15, 0.2) is 0 Å². The summed E-state index contributed by atoms with van der Waals surface area (Å²) >= 11 is 0. The molecule has 0 bridgehead atoms. The number of hydrazone groups is 1. The van der Waals surface area contributed by atoms with E-state index in [9.17, 15) is 19.1 Å². The van der Waals surface area contributed by atoms with Crippen LogP contribution in [-0.2, 0) is 4.79 Å². The minimum Gasteiger partial charge on any atom is -0.507 e. The summed E-state index contributed by atoms with van der Waals surface area (Å²) < 4.78 is 13.2. The van der Waals surface area contributed by atoms with E-state index in [0.29, 0.717) is 31.7 Å². The lowest BCUT2D eigenvalue weighted by atomic mass is 10.1. The van der Waals surface area contributed by atoms with Crippen LogP contribution in [0, 0.1) is 12.7 Å². The summed E-state index contributed by atoms with van der Waals surface area (Å²) in [5.74, 6) is -0.962. The van der Waals surface area contributed by atoms with Crippen LogP contribution in [0.5, 0.6) is 5.75 Å². The van der Waals surface area contributed by atoms with Crippen LogP contribution in [0.3, 0.4) is 0 Å². The highest BCUT2D eigenvalue weighted by Gasteiger charge is 2.23. The highest BCUT2D eigenvalue weighted by atomic mass is 19.1. The predicted molar refractivity (Wildman–Crippen MR) is 107 cm³/mol. The fourth-order valence-electron chi connectivity index (χ4n) is 3.03. The third-order valence-corrected chi connectivity index (χ3v) is 4.71. The Morgan fingerprint density at radius 2 is 1.83 bits per heavy atom.